The van der Waals surface area contributed by atoms with Gasteiger partial charge < -0.3 is 10.0 Å². The van der Waals surface area contributed by atoms with Crippen LogP contribution in [0.25, 0.3) is 0 Å². The maximum Gasteiger partial charge on any atom is 0.271 e. The summed E-state index contributed by atoms with van der Waals surface area (Å²) in [7, 11) is 0. The van der Waals surface area contributed by atoms with E-state index >= 15 is 0 Å². The van der Waals surface area contributed by atoms with Gasteiger partial charge in [-0.05, 0) is 87.0 Å². The third-order valence-corrected chi connectivity index (χ3v) is 5.58. The molecule has 1 aliphatic heterocycles. The zero-order valence-corrected chi connectivity index (χ0v) is 17.5. The lowest BCUT2D eigenvalue weighted by molar-refractivity contribution is 0.0955. The topological polar surface area (TPSA) is 64.9 Å². The third-order valence-electron chi connectivity index (χ3n) is 4.37. The molecule has 1 heterocycles. The molecular formula is C19H19Br2N3O2. The molecule has 1 saturated heterocycles. The van der Waals surface area contributed by atoms with Gasteiger partial charge in [-0.15, -0.1) is 0 Å². The van der Waals surface area contributed by atoms with E-state index in [9.17, 15) is 9.90 Å². The van der Waals surface area contributed by atoms with Crippen LogP contribution in [0.15, 0.2) is 44.4 Å². The number of hydrogen-bond acceptors (Lipinski definition) is 4. The number of phenols is 1. The fourth-order valence-corrected chi connectivity index (χ4v) is 4.08. The number of aromatic hydroxyl groups is 1. The van der Waals surface area contributed by atoms with Crippen molar-refractivity contribution in [1.82, 2.24) is 5.43 Å². The Morgan fingerprint density at radius 3 is 2.46 bits per heavy atom. The van der Waals surface area contributed by atoms with Crippen LogP contribution >= 0.6 is 31.9 Å². The molecule has 0 radical (unpaired) electrons. The number of carbonyl (C=O) groups excluding carboxylic acids is 1. The van der Waals surface area contributed by atoms with E-state index in [1.807, 2.05) is 13.0 Å². The number of aryl methyl sites for hydroxylation is 1. The number of rotatable bonds is 4. The Bertz CT molecular complexity index is 839. The first-order valence-corrected chi connectivity index (χ1v) is 9.91. The lowest BCUT2D eigenvalue weighted by atomic mass is 10.1. The maximum atomic E-state index is 12.2. The lowest BCUT2D eigenvalue weighted by Gasteiger charge is -2.18. The molecule has 1 aliphatic rings. The Morgan fingerprint density at radius 2 is 1.85 bits per heavy atom. The SMILES string of the molecule is Cc1cc(N2CCCC2)ccc1/C=N\NC(=O)c1cc(Br)c(O)c(Br)c1. The number of halogens is 2. The smallest absolute Gasteiger partial charge is 0.271 e. The van der Waals surface area contributed by atoms with Gasteiger partial charge in [-0.3, -0.25) is 4.79 Å². The number of carbonyl (C=O) groups is 1. The summed E-state index contributed by atoms with van der Waals surface area (Å²) in [6.45, 7) is 4.26. The summed E-state index contributed by atoms with van der Waals surface area (Å²) < 4.78 is 0.878. The number of phenolic OH excluding ortho intramolecular Hbond substituents is 1. The first-order chi connectivity index (χ1) is 12.5. The second-order valence-corrected chi connectivity index (χ2v) is 7.93. The number of anilines is 1. The van der Waals surface area contributed by atoms with Gasteiger partial charge in [0.2, 0.25) is 0 Å². The van der Waals surface area contributed by atoms with Crippen LogP contribution in [0.5, 0.6) is 5.75 Å². The maximum absolute atomic E-state index is 12.2. The van der Waals surface area contributed by atoms with E-state index < -0.39 is 0 Å². The van der Waals surface area contributed by atoms with Crippen molar-refractivity contribution in [3.63, 3.8) is 0 Å². The average Bonchev–Trinajstić information content (AvgIpc) is 3.15. The monoisotopic (exact) mass is 479 g/mol. The molecule has 0 aliphatic carbocycles. The fraction of sp³-hybridized carbons (Fsp3) is 0.263. The van der Waals surface area contributed by atoms with Crippen LogP contribution in [0.4, 0.5) is 5.69 Å². The minimum Gasteiger partial charge on any atom is -0.506 e. The zero-order valence-electron chi connectivity index (χ0n) is 14.3. The summed E-state index contributed by atoms with van der Waals surface area (Å²) >= 11 is 6.42. The molecular weight excluding hydrogens is 462 g/mol. The summed E-state index contributed by atoms with van der Waals surface area (Å²) in [6.07, 6.45) is 4.14. The highest BCUT2D eigenvalue weighted by Gasteiger charge is 2.13. The summed E-state index contributed by atoms with van der Waals surface area (Å²) in [5.74, 6) is -0.298. The van der Waals surface area contributed by atoms with Crippen molar-refractivity contribution < 1.29 is 9.90 Å². The molecule has 5 nitrogen and oxygen atoms in total. The molecule has 2 aromatic carbocycles. The number of hydrogen-bond donors (Lipinski definition) is 2. The van der Waals surface area contributed by atoms with Gasteiger partial charge in [0, 0.05) is 24.3 Å². The number of nitrogens with zero attached hydrogens (tertiary/aromatic N) is 2. The van der Waals surface area contributed by atoms with Crippen LogP contribution < -0.4 is 10.3 Å². The molecule has 2 N–H and O–H groups in total. The summed E-state index contributed by atoms with van der Waals surface area (Å²) in [6, 6.07) is 9.35. The highest BCUT2D eigenvalue weighted by molar-refractivity contribution is 9.11. The number of amides is 1. The Morgan fingerprint density at radius 1 is 1.19 bits per heavy atom. The molecule has 1 fully saturated rings. The van der Waals surface area contributed by atoms with Crippen LogP contribution in [0, 0.1) is 6.92 Å². The number of hydrazone groups is 1. The van der Waals surface area contributed by atoms with Gasteiger partial charge in [-0.25, -0.2) is 5.43 Å². The van der Waals surface area contributed by atoms with E-state index in [0.717, 1.165) is 24.2 Å². The first-order valence-electron chi connectivity index (χ1n) is 8.32. The van der Waals surface area contributed by atoms with Gasteiger partial charge >= 0.3 is 0 Å². The van der Waals surface area contributed by atoms with Gasteiger partial charge in [0.25, 0.3) is 5.91 Å². The normalized spacial score (nSPS) is 14.2. The molecule has 0 unspecified atom stereocenters. The van der Waals surface area contributed by atoms with Crippen molar-refractivity contribution >= 4 is 49.7 Å². The second-order valence-electron chi connectivity index (χ2n) is 6.22. The zero-order chi connectivity index (χ0) is 18.7. The summed E-state index contributed by atoms with van der Waals surface area (Å²) in [5, 5.41) is 13.8. The molecule has 0 saturated carbocycles. The molecule has 0 atom stereocenters. The van der Waals surface area contributed by atoms with Crippen molar-refractivity contribution in [3.8, 4) is 5.75 Å². The Balaban J connectivity index is 1.67. The van der Waals surface area contributed by atoms with Gasteiger partial charge in [0.05, 0.1) is 15.2 Å². The van der Waals surface area contributed by atoms with E-state index in [1.54, 1.807) is 18.3 Å². The highest BCUT2D eigenvalue weighted by Crippen LogP contribution is 2.33. The molecule has 7 heteroatoms. The fourth-order valence-electron chi connectivity index (χ4n) is 2.90. The molecule has 2 aromatic rings. The van der Waals surface area contributed by atoms with E-state index in [2.05, 4.69) is 59.4 Å². The molecule has 0 bridgehead atoms. The van der Waals surface area contributed by atoms with Gasteiger partial charge in [0.15, 0.2) is 0 Å². The molecule has 0 spiro atoms. The third kappa shape index (κ3) is 4.27. The Kier molecular flexibility index (Phi) is 5.98. The summed E-state index contributed by atoms with van der Waals surface area (Å²) in [5.41, 5.74) is 6.21. The van der Waals surface area contributed by atoms with Crippen LogP contribution in [0.3, 0.4) is 0 Å². The van der Waals surface area contributed by atoms with E-state index in [4.69, 9.17) is 0 Å². The minimum atomic E-state index is -0.353. The highest BCUT2D eigenvalue weighted by atomic mass is 79.9. The van der Waals surface area contributed by atoms with Crippen LogP contribution in [0.1, 0.15) is 34.3 Å². The Labute approximate surface area is 169 Å². The first kappa shape index (κ1) is 18.9. The van der Waals surface area contributed by atoms with E-state index in [-0.39, 0.29) is 11.7 Å². The number of nitrogens with one attached hydrogen (secondary N) is 1. The second kappa shape index (κ2) is 8.22. The molecule has 3 rings (SSSR count). The predicted molar refractivity (Wildman–Crippen MR) is 111 cm³/mol. The number of benzene rings is 2. The molecule has 26 heavy (non-hydrogen) atoms. The average molecular weight is 481 g/mol. The van der Waals surface area contributed by atoms with Crippen LogP contribution in [-0.4, -0.2) is 30.3 Å². The van der Waals surface area contributed by atoms with Crippen LogP contribution in [-0.2, 0) is 0 Å². The quantitative estimate of drug-likeness (QED) is 0.496. The minimum absolute atomic E-state index is 0.0544. The van der Waals surface area contributed by atoms with Crippen LogP contribution in [0.2, 0.25) is 0 Å². The Hall–Kier alpha value is -1.86. The van der Waals surface area contributed by atoms with Gasteiger partial charge in [-0.1, -0.05) is 6.07 Å². The predicted octanol–water partition coefficient (Wildman–Crippen LogP) is 4.59. The molecule has 1 amide bonds. The van der Waals surface area contributed by atoms with Crippen molar-refractivity contribution in [3.05, 3.63) is 56.0 Å². The van der Waals surface area contributed by atoms with Gasteiger partial charge in [0.1, 0.15) is 5.75 Å². The van der Waals surface area contributed by atoms with E-state index in [1.165, 1.54) is 18.5 Å². The summed E-state index contributed by atoms with van der Waals surface area (Å²) in [4.78, 5) is 14.6. The molecule has 136 valence electrons. The molecule has 0 aromatic heterocycles. The lowest BCUT2D eigenvalue weighted by Crippen LogP contribution is -2.18. The van der Waals surface area contributed by atoms with E-state index in [0.29, 0.717) is 14.5 Å². The standard InChI is InChI=1S/C19H19Br2N3O2/c1-12-8-15(24-6-2-3-7-24)5-4-13(12)11-22-23-19(26)14-9-16(20)18(25)17(21)10-14/h4-5,8-11,25H,2-3,6-7H2,1H3,(H,23,26)/b22-11-. The van der Waals surface area contributed by atoms with Crippen molar-refractivity contribution in [2.75, 3.05) is 18.0 Å². The largest absolute Gasteiger partial charge is 0.506 e. The van der Waals surface area contributed by atoms with Crippen molar-refractivity contribution in [2.45, 2.75) is 19.8 Å². The van der Waals surface area contributed by atoms with Crippen molar-refractivity contribution in [2.24, 2.45) is 5.10 Å². The van der Waals surface area contributed by atoms with Crippen molar-refractivity contribution in [1.29, 1.82) is 0 Å². The van der Waals surface area contributed by atoms with Gasteiger partial charge in [-0.2, -0.15) is 5.10 Å².